The molecule has 1 aromatic heterocycles. The first-order chi connectivity index (χ1) is 11.6. The summed E-state index contributed by atoms with van der Waals surface area (Å²) in [6.45, 7) is 11.9. The van der Waals surface area contributed by atoms with Crippen LogP contribution < -0.4 is 15.6 Å². The smallest absolute Gasteiger partial charge is 0.279 e. The summed E-state index contributed by atoms with van der Waals surface area (Å²) in [7, 11) is 0. The van der Waals surface area contributed by atoms with Crippen molar-refractivity contribution in [2.45, 2.75) is 53.1 Å². The van der Waals surface area contributed by atoms with Gasteiger partial charge in [-0.3, -0.25) is 15.6 Å². The average molecular weight is 342 g/mol. The molecule has 0 saturated carbocycles. The highest BCUT2D eigenvalue weighted by Gasteiger charge is 2.16. The highest BCUT2D eigenvalue weighted by molar-refractivity contribution is 5.81. The van der Waals surface area contributed by atoms with Gasteiger partial charge < -0.3 is 4.74 Å². The second-order valence-corrected chi connectivity index (χ2v) is 7.12. The van der Waals surface area contributed by atoms with Gasteiger partial charge in [-0.15, -0.1) is 0 Å². The molecule has 1 amide bonds. The molecule has 0 spiro atoms. The first-order valence-corrected chi connectivity index (χ1v) is 8.30. The summed E-state index contributed by atoms with van der Waals surface area (Å²) in [5, 5.41) is 0. The third-order valence-corrected chi connectivity index (χ3v) is 3.68. The maximum absolute atomic E-state index is 12.2. The van der Waals surface area contributed by atoms with Crippen LogP contribution in [0.4, 0.5) is 5.95 Å². The number of benzene rings is 1. The number of nitrogens with one attached hydrogen (secondary N) is 2. The van der Waals surface area contributed by atoms with Crippen molar-refractivity contribution in [1.82, 2.24) is 15.4 Å². The summed E-state index contributed by atoms with van der Waals surface area (Å²) in [6.07, 6.45) is -0.654. The molecule has 1 aromatic carbocycles. The van der Waals surface area contributed by atoms with E-state index in [1.165, 1.54) is 5.56 Å². The van der Waals surface area contributed by atoms with E-state index in [4.69, 9.17) is 4.74 Å². The average Bonchev–Trinajstić information content (AvgIpc) is 2.51. The minimum atomic E-state index is -0.654. The molecular formula is C19H26N4O2. The lowest BCUT2D eigenvalue weighted by Gasteiger charge is -2.20. The Bertz CT molecular complexity index is 716. The summed E-state index contributed by atoms with van der Waals surface area (Å²) >= 11 is 0. The van der Waals surface area contributed by atoms with Crippen molar-refractivity contribution in [1.29, 1.82) is 0 Å². The zero-order chi connectivity index (χ0) is 18.6. The number of hydrazine groups is 1. The molecule has 1 heterocycles. The van der Waals surface area contributed by atoms with Gasteiger partial charge in [-0.25, -0.2) is 9.97 Å². The van der Waals surface area contributed by atoms with Gasteiger partial charge in [0.2, 0.25) is 5.95 Å². The Morgan fingerprint density at radius 1 is 1.08 bits per heavy atom. The number of aromatic nitrogens is 2. The Hall–Kier alpha value is -2.63. The molecule has 0 fully saturated rings. The predicted octanol–water partition coefficient (Wildman–Crippen LogP) is 3.30. The normalized spacial score (nSPS) is 12.4. The fourth-order valence-corrected chi connectivity index (χ4v) is 2.29. The molecule has 0 saturated heterocycles. The van der Waals surface area contributed by atoms with Crippen LogP contribution in [-0.2, 0) is 10.2 Å². The van der Waals surface area contributed by atoms with Gasteiger partial charge in [-0.05, 0) is 49.9 Å². The van der Waals surface area contributed by atoms with E-state index in [9.17, 15) is 4.79 Å². The summed E-state index contributed by atoms with van der Waals surface area (Å²) < 4.78 is 5.69. The molecule has 0 radical (unpaired) electrons. The number of anilines is 1. The van der Waals surface area contributed by atoms with E-state index >= 15 is 0 Å². The van der Waals surface area contributed by atoms with Crippen LogP contribution in [0, 0.1) is 13.8 Å². The van der Waals surface area contributed by atoms with Crippen molar-refractivity contribution in [3.05, 3.63) is 47.3 Å². The lowest BCUT2D eigenvalue weighted by atomic mass is 9.87. The topological polar surface area (TPSA) is 76.1 Å². The monoisotopic (exact) mass is 342 g/mol. The summed E-state index contributed by atoms with van der Waals surface area (Å²) in [4.78, 5) is 20.6. The van der Waals surface area contributed by atoms with Crippen LogP contribution in [-0.4, -0.2) is 22.0 Å². The van der Waals surface area contributed by atoms with Crippen LogP contribution in [0.25, 0.3) is 0 Å². The summed E-state index contributed by atoms with van der Waals surface area (Å²) in [5.41, 5.74) is 8.24. The minimum Gasteiger partial charge on any atom is -0.481 e. The number of carbonyl (C=O) groups is 1. The maximum atomic E-state index is 12.2. The molecule has 25 heavy (non-hydrogen) atoms. The van der Waals surface area contributed by atoms with E-state index in [0.29, 0.717) is 11.7 Å². The SMILES string of the molecule is Cc1cc(C)nc(NNC(=O)C(C)Oc2ccc(C(C)(C)C)cc2)n1. The Kier molecular flexibility index (Phi) is 5.62. The number of ether oxygens (including phenoxy) is 1. The van der Waals surface area contributed by atoms with Crippen LogP contribution in [0.3, 0.4) is 0 Å². The lowest BCUT2D eigenvalue weighted by molar-refractivity contribution is -0.126. The van der Waals surface area contributed by atoms with Crippen LogP contribution in [0.2, 0.25) is 0 Å². The molecule has 134 valence electrons. The molecule has 2 rings (SSSR count). The van der Waals surface area contributed by atoms with E-state index in [1.807, 2.05) is 44.2 Å². The summed E-state index contributed by atoms with van der Waals surface area (Å²) in [6, 6.07) is 9.65. The highest BCUT2D eigenvalue weighted by atomic mass is 16.5. The van der Waals surface area contributed by atoms with Crippen molar-refractivity contribution in [2.24, 2.45) is 0 Å². The third kappa shape index (κ3) is 5.45. The van der Waals surface area contributed by atoms with Crippen LogP contribution in [0.1, 0.15) is 44.6 Å². The summed E-state index contributed by atoms with van der Waals surface area (Å²) in [5.74, 6) is 0.702. The molecule has 6 nitrogen and oxygen atoms in total. The van der Waals surface area contributed by atoms with Gasteiger partial charge in [0, 0.05) is 11.4 Å². The molecule has 6 heteroatoms. The molecule has 0 aliphatic carbocycles. The van der Waals surface area contributed by atoms with Crippen molar-refractivity contribution in [3.63, 3.8) is 0 Å². The van der Waals surface area contributed by atoms with Crippen LogP contribution in [0.15, 0.2) is 30.3 Å². The number of amides is 1. The first kappa shape index (κ1) is 18.7. The lowest BCUT2D eigenvalue weighted by Crippen LogP contribution is -2.40. The Morgan fingerprint density at radius 2 is 1.64 bits per heavy atom. The number of carbonyl (C=O) groups excluding carboxylic acids is 1. The Morgan fingerprint density at radius 3 is 2.16 bits per heavy atom. The van der Waals surface area contributed by atoms with Gasteiger partial charge >= 0.3 is 0 Å². The number of hydrogen-bond acceptors (Lipinski definition) is 5. The highest BCUT2D eigenvalue weighted by Crippen LogP contribution is 2.24. The molecule has 1 atom stereocenters. The van der Waals surface area contributed by atoms with Gasteiger partial charge in [0.1, 0.15) is 5.75 Å². The molecular weight excluding hydrogens is 316 g/mol. The first-order valence-electron chi connectivity index (χ1n) is 8.30. The standard InChI is InChI=1S/C19H26N4O2/c1-12-11-13(2)21-18(20-12)23-22-17(24)14(3)25-16-9-7-15(8-10-16)19(4,5)6/h7-11,14H,1-6H3,(H,22,24)(H,20,21,23). The van der Waals surface area contributed by atoms with E-state index in [1.54, 1.807) is 6.92 Å². The largest absolute Gasteiger partial charge is 0.481 e. The number of hydrogen-bond donors (Lipinski definition) is 2. The molecule has 0 aliphatic heterocycles. The van der Waals surface area contributed by atoms with Crippen LogP contribution in [0.5, 0.6) is 5.75 Å². The van der Waals surface area contributed by atoms with Crippen LogP contribution >= 0.6 is 0 Å². The fourth-order valence-electron chi connectivity index (χ4n) is 2.29. The number of rotatable bonds is 5. The quantitative estimate of drug-likeness (QED) is 0.815. The Labute approximate surface area is 149 Å². The second kappa shape index (κ2) is 7.51. The van der Waals surface area contributed by atoms with Gasteiger partial charge in [0.05, 0.1) is 0 Å². The zero-order valence-electron chi connectivity index (χ0n) is 15.7. The van der Waals surface area contributed by atoms with Gasteiger partial charge in [0.25, 0.3) is 5.91 Å². The number of aryl methyl sites for hydroxylation is 2. The molecule has 2 N–H and O–H groups in total. The number of nitrogens with zero attached hydrogens (tertiary/aromatic N) is 2. The molecule has 1 unspecified atom stereocenters. The Balaban J connectivity index is 1.91. The van der Waals surface area contributed by atoms with E-state index in [-0.39, 0.29) is 11.3 Å². The predicted molar refractivity (Wildman–Crippen MR) is 98.5 cm³/mol. The van der Waals surface area contributed by atoms with Crippen molar-refractivity contribution >= 4 is 11.9 Å². The molecule has 0 aliphatic rings. The van der Waals surface area contributed by atoms with E-state index < -0.39 is 6.10 Å². The second-order valence-electron chi connectivity index (χ2n) is 7.12. The molecule has 0 bridgehead atoms. The zero-order valence-corrected chi connectivity index (χ0v) is 15.7. The molecule has 2 aromatic rings. The van der Waals surface area contributed by atoms with Crippen molar-refractivity contribution in [3.8, 4) is 5.75 Å². The van der Waals surface area contributed by atoms with Crippen molar-refractivity contribution in [2.75, 3.05) is 5.43 Å². The van der Waals surface area contributed by atoms with Gasteiger partial charge in [0.15, 0.2) is 6.10 Å². The van der Waals surface area contributed by atoms with Gasteiger partial charge in [-0.2, -0.15) is 0 Å². The van der Waals surface area contributed by atoms with Crippen molar-refractivity contribution < 1.29 is 9.53 Å². The third-order valence-electron chi connectivity index (χ3n) is 3.68. The van der Waals surface area contributed by atoms with Gasteiger partial charge in [-0.1, -0.05) is 32.9 Å². The minimum absolute atomic E-state index is 0.0807. The van der Waals surface area contributed by atoms with E-state index in [0.717, 1.165) is 11.4 Å². The van der Waals surface area contributed by atoms with E-state index in [2.05, 4.69) is 41.6 Å². The fraction of sp³-hybridized carbons (Fsp3) is 0.421. The maximum Gasteiger partial charge on any atom is 0.279 e.